The van der Waals surface area contributed by atoms with Crippen LogP contribution in [0.25, 0.3) is 18.2 Å². The zero-order valence-electron chi connectivity index (χ0n) is 15.3. The Bertz CT molecular complexity index is 918. The van der Waals surface area contributed by atoms with E-state index in [4.69, 9.17) is 10.4 Å². The minimum Gasteiger partial charge on any atom is -0.477 e. The van der Waals surface area contributed by atoms with E-state index in [0.717, 1.165) is 17.8 Å². The first kappa shape index (κ1) is 18.3. The number of rotatable bonds is 5. The number of carbonyl (C=O) groups is 1. The number of hydrogen-bond acceptors (Lipinski definition) is 2. The topological polar surface area (TPSA) is 71.0 Å². The first-order chi connectivity index (χ1) is 11.8. The lowest BCUT2D eigenvalue weighted by atomic mass is 10.1. The summed E-state index contributed by atoms with van der Waals surface area (Å²) in [5.74, 6) is -1.22. The maximum atomic E-state index is 11.0. The highest BCUT2D eigenvalue weighted by Crippen LogP contribution is 2.24. The standard InChI is InChI=1S/C20H23N3O2/c1-6-18-13(2)19(22(4)14(18)3)10-9-16-7-8-17(23(16)5)11-15(12-21)20(24)25/h7-11H,6H2,1-5H3,(H,24,25). The van der Waals surface area contributed by atoms with Crippen molar-refractivity contribution in [1.82, 2.24) is 9.13 Å². The first-order valence-electron chi connectivity index (χ1n) is 8.15. The number of aromatic nitrogens is 2. The van der Waals surface area contributed by atoms with Gasteiger partial charge in [0.15, 0.2) is 0 Å². The number of hydrogen-bond donors (Lipinski definition) is 1. The van der Waals surface area contributed by atoms with Crippen LogP contribution in [0.5, 0.6) is 0 Å². The number of carboxylic acids is 1. The Morgan fingerprint density at radius 3 is 2.36 bits per heavy atom. The smallest absolute Gasteiger partial charge is 0.346 e. The summed E-state index contributed by atoms with van der Waals surface area (Å²) in [6.07, 6.45) is 6.47. The third kappa shape index (κ3) is 3.43. The van der Waals surface area contributed by atoms with Crippen molar-refractivity contribution < 1.29 is 9.90 Å². The maximum Gasteiger partial charge on any atom is 0.346 e. The van der Waals surface area contributed by atoms with Crippen LogP contribution in [0, 0.1) is 25.2 Å². The van der Waals surface area contributed by atoms with Gasteiger partial charge in [-0.05, 0) is 61.8 Å². The molecule has 5 nitrogen and oxygen atoms in total. The Labute approximate surface area is 148 Å². The van der Waals surface area contributed by atoms with E-state index >= 15 is 0 Å². The highest BCUT2D eigenvalue weighted by Gasteiger charge is 2.12. The third-order valence-corrected chi connectivity index (χ3v) is 4.75. The zero-order valence-corrected chi connectivity index (χ0v) is 15.3. The van der Waals surface area contributed by atoms with Gasteiger partial charge in [0.1, 0.15) is 11.6 Å². The molecule has 0 amide bonds. The van der Waals surface area contributed by atoms with Crippen molar-refractivity contribution in [2.45, 2.75) is 27.2 Å². The van der Waals surface area contributed by atoms with Gasteiger partial charge in [0.05, 0.1) is 0 Å². The molecule has 0 bridgehead atoms. The summed E-state index contributed by atoms with van der Waals surface area (Å²) in [4.78, 5) is 11.0. The Hall–Kier alpha value is -3.00. The number of aliphatic carboxylic acids is 1. The van der Waals surface area contributed by atoms with Crippen molar-refractivity contribution >= 4 is 24.2 Å². The fourth-order valence-corrected chi connectivity index (χ4v) is 3.13. The van der Waals surface area contributed by atoms with Crippen molar-refractivity contribution in [3.05, 3.63) is 51.6 Å². The predicted octanol–water partition coefficient (Wildman–Crippen LogP) is 3.70. The fourth-order valence-electron chi connectivity index (χ4n) is 3.13. The van der Waals surface area contributed by atoms with Crippen molar-refractivity contribution in [3.8, 4) is 6.07 Å². The molecule has 0 saturated carbocycles. The number of carboxylic acid groups (broad SMARTS) is 1. The molecule has 2 rings (SSSR count). The summed E-state index contributed by atoms with van der Waals surface area (Å²) in [6, 6.07) is 5.42. The molecular formula is C20H23N3O2. The third-order valence-electron chi connectivity index (χ3n) is 4.75. The monoisotopic (exact) mass is 337 g/mol. The minimum absolute atomic E-state index is 0.279. The van der Waals surface area contributed by atoms with Crippen LogP contribution in [-0.2, 0) is 25.3 Å². The van der Waals surface area contributed by atoms with Gasteiger partial charge >= 0.3 is 5.97 Å². The van der Waals surface area contributed by atoms with E-state index in [0.29, 0.717) is 5.69 Å². The summed E-state index contributed by atoms with van der Waals surface area (Å²) in [5, 5.41) is 17.9. The molecule has 2 aromatic heterocycles. The second-order valence-electron chi connectivity index (χ2n) is 6.04. The van der Waals surface area contributed by atoms with Crippen LogP contribution in [0.2, 0.25) is 0 Å². The average molecular weight is 337 g/mol. The van der Waals surface area contributed by atoms with Gasteiger partial charge in [0.2, 0.25) is 0 Å². The number of nitrogens with zero attached hydrogens (tertiary/aromatic N) is 3. The summed E-state index contributed by atoms with van der Waals surface area (Å²) >= 11 is 0. The van der Waals surface area contributed by atoms with E-state index in [9.17, 15) is 4.79 Å². The van der Waals surface area contributed by atoms with Gasteiger partial charge in [-0.1, -0.05) is 6.92 Å². The van der Waals surface area contributed by atoms with Crippen LogP contribution >= 0.6 is 0 Å². The molecule has 0 spiro atoms. The molecule has 0 fully saturated rings. The molecule has 2 aromatic rings. The summed E-state index contributed by atoms with van der Waals surface area (Å²) in [7, 11) is 3.91. The zero-order chi connectivity index (χ0) is 18.7. The molecule has 0 aliphatic carbocycles. The molecule has 0 radical (unpaired) electrons. The molecule has 5 heteroatoms. The molecule has 0 saturated heterocycles. The summed E-state index contributed by atoms with van der Waals surface area (Å²) < 4.78 is 4.05. The van der Waals surface area contributed by atoms with Crippen LogP contribution in [0.1, 0.15) is 40.8 Å². The van der Waals surface area contributed by atoms with Crippen molar-refractivity contribution in [2.24, 2.45) is 14.1 Å². The van der Waals surface area contributed by atoms with Crippen LogP contribution in [0.4, 0.5) is 0 Å². The van der Waals surface area contributed by atoms with Crippen LogP contribution in [-0.4, -0.2) is 20.2 Å². The molecule has 0 unspecified atom stereocenters. The summed E-state index contributed by atoms with van der Waals surface area (Å²) in [6.45, 7) is 6.43. The fraction of sp³-hybridized carbons (Fsp3) is 0.300. The largest absolute Gasteiger partial charge is 0.477 e. The second-order valence-corrected chi connectivity index (χ2v) is 6.04. The van der Waals surface area contributed by atoms with E-state index < -0.39 is 5.97 Å². The van der Waals surface area contributed by atoms with E-state index in [1.807, 2.05) is 23.8 Å². The normalized spacial score (nSPS) is 11.9. The first-order valence-corrected chi connectivity index (χ1v) is 8.15. The lowest BCUT2D eigenvalue weighted by molar-refractivity contribution is -0.132. The molecule has 0 aromatic carbocycles. The van der Waals surface area contributed by atoms with E-state index in [2.05, 4.69) is 38.5 Å². The Balaban J connectivity index is 2.39. The molecular weight excluding hydrogens is 314 g/mol. The van der Waals surface area contributed by atoms with Crippen molar-refractivity contribution in [3.63, 3.8) is 0 Å². The van der Waals surface area contributed by atoms with E-state index in [1.165, 1.54) is 22.9 Å². The number of nitriles is 1. The summed E-state index contributed by atoms with van der Waals surface area (Å²) in [5.41, 5.74) is 6.42. The van der Waals surface area contributed by atoms with Crippen molar-refractivity contribution in [1.29, 1.82) is 5.26 Å². The SMILES string of the molecule is CCc1c(C)c(C=Cc2ccc(C=C(C#N)C(=O)O)n2C)n(C)c1C. The second kappa shape index (κ2) is 7.27. The quantitative estimate of drug-likeness (QED) is 0.668. The Morgan fingerprint density at radius 1 is 1.20 bits per heavy atom. The van der Waals surface area contributed by atoms with Crippen LogP contribution in [0.15, 0.2) is 17.7 Å². The van der Waals surface area contributed by atoms with Gasteiger partial charge < -0.3 is 14.2 Å². The molecule has 0 aliphatic rings. The minimum atomic E-state index is -1.22. The molecule has 0 aliphatic heterocycles. The van der Waals surface area contributed by atoms with Gasteiger partial charge in [-0.2, -0.15) is 5.26 Å². The Morgan fingerprint density at radius 2 is 1.84 bits per heavy atom. The predicted molar refractivity (Wildman–Crippen MR) is 99.8 cm³/mol. The lowest BCUT2D eigenvalue weighted by Crippen LogP contribution is -2.00. The van der Waals surface area contributed by atoms with Gasteiger partial charge in [-0.25, -0.2) is 4.79 Å². The average Bonchev–Trinajstić information content (AvgIpc) is 3.01. The van der Waals surface area contributed by atoms with Crippen LogP contribution < -0.4 is 0 Å². The molecule has 25 heavy (non-hydrogen) atoms. The molecule has 130 valence electrons. The molecule has 0 atom stereocenters. The Kier molecular flexibility index (Phi) is 5.33. The van der Waals surface area contributed by atoms with Gasteiger partial charge in [-0.3, -0.25) is 0 Å². The van der Waals surface area contributed by atoms with E-state index in [1.54, 1.807) is 12.1 Å². The maximum absolute atomic E-state index is 11.0. The van der Waals surface area contributed by atoms with Gasteiger partial charge in [-0.15, -0.1) is 0 Å². The highest BCUT2D eigenvalue weighted by atomic mass is 16.4. The van der Waals surface area contributed by atoms with Crippen LogP contribution in [0.3, 0.4) is 0 Å². The van der Waals surface area contributed by atoms with E-state index in [-0.39, 0.29) is 5.57 Å². The van der Waals surface area contributed by atoms with Gasteiger partial charge in [0, 0.05) is 36.9 Å². The highest BCUT2D eigenvalue weighted by molar-refractivity contribution is 5.96. The van der Waals surface area contributed by atoms with Crippen molar-refractivity contribution in [2.75, 3.05) is 0 Å². The molecule has 2 heterocycles. The van der Waals surface area contributed by atoms with Gasteiger partial charge in [0.25, 0.3) is 0 Å². The lowest BCUT2D eigenvalue weighted by Gasteiger charge is -2.03. The molecule has 1 N–H and O–H groups in total.